The van der Waals surface area contributed by atoms with Crippen LogP contribution in [0.25, 0.3) is 0 Å². The maximum atomic E-state index is 13.5. The molecule has 5 heteroatoms. The molecule has 3 nitrogen and oxygen atoms in total. The second kappa shape index (κ2) is 6.06. The summed E-state index contributed by atoms with van der Waals surface area (Å²) in [6, 6.07) is 3.60. The van der Waals surface area contributed by atoms with Crippen molar-refractivity contribution in [2.45, 2.75) is 25.8 Å². The Bertz CT molecular complexity index is 419. The van der Waals surface area contributed by atoms with Crippen molar-refractivity contribution in [3.63, 3.8) is 0 Å². The van der Waals surface area contributed by atoms with Crippen molar-refractivity contribution in [2.75, 3.05) is 30.7 Å². The van der Waals surface area contributed by atoms with Gasteiger partial charge in [0.1, 0.15) is 5.82 Å². The highest BCUT2D eigenvalue weighted by atomic mass is 127. The van der Waals surface area contributed by atoms with E-state index in [2.05, 4.69) is 17.1 Å². The number of nitrogens with two attached hydrogens (primary N) is 1. The molecule has 3 N–H and O–H groups in total. The van der Waals surface area contributed by atoms with E-state index < -0.39 is 0 Å². The molecule has 0 aliphatic carbocycles. The molecule has 0 radical (unpaired) electrons. The average molecular weight is 363 g/mol. The molecular formula is C13H19FIN3. The molecule has 0 amide bonds. The fraction of sp³-hybridized carbons (Fsp3) is 0.538. The smallest absolute Gasteiger partial charge is 0.138 e. The van der Waals surface area contributed by atoms with E-state index in [0.717, 1.165) is 6.54 Å². The molecule has 1 saturated heterocycles. The van der Waals surface area contributed by atoms with E-state index in [4.69, 9.17) is 5.73 Å². The zero-order chi connectivity index (χ0) is 13.1. The summed E-state index contributed by atoms with van der Waals surface area (Å²) in [5, 5.41) is 3.25. The molecule has 2 rings (SSSR count). The topological polar surface area (TPSA) is 41.3 Å². The predicted molar refractivity (Wildman–Crippen MR) is 82.3 cm³/mol. The Balaban J connectivity index is 1.95. The molecule has 1 fully saturated rings. The minimum atomic E-state index is -0.221. The molecule has 0 bridgehead atoms. The minimum Gasteiger partial charge on any atom is -0.397 e. The van der Waals surface area contributed by atoms with E-state index >= 15 is 0 Å². The second-order valence-corrected chi connectivity index (χ2v) is 5.99. The summed E-state index contributed by atoms with van der Waals surface area (Å²) in [7, 11) is 0. The lowest BCUT2D eigenvalue weighted by molar-refractivity contribution is 0.269. The highest BCUT2D eigenvalue weighted by molar-refractivity contribution is 14.1. The number of halogens is 2. The van der Waals surface area contributed by atoms with Crippen LogP contribution in [0.15, 0.2) is 12.1 Å². The number of likely N-dealkylation sites (tertiary alicyclic amines) is 1. The lowest BCUT2D eigenvalue weighted by Crippen LogP contribution is -2.35. The monoisotopic (exact) mass is 363 g/mol. The molecule has 1 aliphatic rings. The number of rotatable bonds is 4. The first-order valence-corrected chi connectivity index (χ1v) is 7.38. The quantitative estimate of drug-likeness (QED) is 0.639. The van der Waals surface area contributed by atoms with Crippen molar-refractivity contribution in [2.24, 2.45) is 0 Å². The fourth-order valence-electron chi connectivity index (χ4n) is 2.28. The van der Waals surface area contributed by atoms with Gasteiger partial charge in [0, 0.05) is 18.7 Å². The molecule has 1 atom stereocenters. The van der Waals surface area contributed by atoms with E-state index in [1.807, 2.05) is 22.6 Å². The summed E-state index contributed by atoms with van der Waals surface area (Å²) in [6.07, 6.45) is 2.56. The summed E-state index contributed by atoms with van der Waals surface area (Å²) < 4.78 is 14.0. The highest BCUT2D eigenvalue weighted by Gasteiger charge is 2.18. The largest absolute Gasteiger partial charge is 0.397 e. The Hall–Kier alpha value is -0.560. The van der Waals surface area contributed by atoms with Crippen molar-refractivity contribution >= 4 is 34.0 Å². The summed E-state index contributed by atoms with van der Waals surface area (Å²) >= 11 is 1.95. The Kier molecular flexibility index (Phi) is 4.66. The van der Waals surface area contributed by atoms with Gasteiger partial charge in [0.2, 0.25) is 0 Å². The van der Waals surface area contributed by atoms with Gasteiger partial charge >= 0.3 is 0 Å². The number of benzene rings is 1. The van der Waals surface area contributed by atoms with Crippen molar-refractivity contribution in [1.82, 2.24) is 4.90 Å². The van der Waals surface area contributed by atoms with Crippen LogP contribution in [0.4, 0.5) is 15.8 Å². The van der Waals surface area contributed by atoms with Gasteiger partial charge in [-0.05, 0) is 61.5 Å². The molecular weight excluding hydrogens is 344 g/mol. The molecule has 18 heavy (non-hydrogen) atoms. The maximum Gasteiger partial charge on any atom is 0.138 e. The van der Waals surface area contributed by atoms with Gasteiger partial charge in [-0.3, -0.25) is 4.90 Å². The van der Waals surface area contributed by atoms with Gasteiger partial charge in [-0.15, -0.1) is 0 Å². The van der Waals surface area contributed by atoms with Crippen molar-refractivity contribution in [1.29, 1.82) is 0 Å². The van der Waals surface area contributed by atoms with E-state index in [1.165, 1.54) is 32.0 Å². The Morgan fingerprint density at radius 2 is 2.11 bits per heavy atom. The molecule has 100 valence electrons. The molecule has 0 aromatic heterocycles. The number of anilines is 2. The molecule has 0 spiro atoms. The molecule has 1 aromatic carbocycles. The Morgan fingerprint density at radius 1 is 1.44 bits per heavy atom. The van der Waals surface area contributed by atoms with Crippen LogP contribution >= 0.6 is 22.6 Å². The summed E-state index contributed by atoms with van der Waals surface area (Å²) in [4.78, 5) is 2.45. The third kappa shape index (κ3) is 3.26. The van der Waals surface area contributed by atoms with Gasteiger partial charge in [0.05, 0.1) is 14.9 Å². The minimum absolute atomic E-state index is 0.221. The van der Waals surface area contributed by atoms with Crippen LogP contribution in [-0.2, 0) is 0 Å². The lowest BCUT2D eigenvalue weighted by atomic mass is 10.2. The van der Waals surface area contributed by atoms with Crippen molar-refractivity contribution in [3.8, 4) is 0 Å². The van der Waals surface area contributed by atoms with Gasteiger partial charge in [-0.25, -0.2) is 4.39 Å². The Morgan fingerprint density at radius 3 is 2.78 bits per heavy atom. The van der Waals surface area contributed by atoms with Crippen LogP contribution in [-0.4, -0.2) is 30.6 Å². The second-order valence-electron chi connectivity index (χ2n) is 4.83. The molecule has 1 aromatic rings. The number of nitrogen functional groups attached to an aromatic ring is 1. The highest BCUT2D eigenvalue weighted by Crippen LogP contribution is 2.24. The van der Waals surface area contributed by atoms with E-state index in [0.29, 0.717) is 21.0 Å². The SMILES string of the molecule is CC(CNc1cc(F)c(I)cc1N)N1CCCC1. The zero-order valence-electron chi connectivity index (χ0n) is 10.5. The number of nitrogens with zero attached hydrogens (tertiary/aromatic N) is 1. The maximum absolute atomic E-state index is 13.5. The average Bonchev–Trinajstić information content (AvgIpc) is 2.85. The number of hydrogen-bond acceptors (Lipinski definition) is 3. The van der Waals surface area contributed by atoms with Crippen LogP contribution < -0.4 is 11.1 Å². The van der Waals surface area contributed by atoms with Crippen molar-refractivity contribution < 1.29 is 4.39 Å². The van der Waals surface area contributed by atoms with Gasteiger partial charge in [-0.1, -0.05) is 0 Å². The summed E-state index contributed by atoms with van der Waals surface area (Å²) in [5.74, 6) is -0.221. The molecule has 1 aliphatic heterocycles. The third-order valence-electron chi connectivity index (χ3n) is 3.44. The van der Waals surface area contributed by atoms with Crippen LogP contribution in [0.3, 0.4) is 0 Å². The summed E-state index contributed by atoms with van der Waals surface area (Å²) in [5.41, 5.74) is 7.18. The zero-order valence-corrected chi connectivity index (χ0v) is 12.7. The predicted octanol–water partition coefficient (Wildman–Crippen LogP) is 2.91. The third-order valence-corrected chi connectivity index (χ3v) is 4.27. The van der Waals surface area contributed by atoms with E-state index in [1.54, 1.807) is 6.07 Å². The van der Waals surface area contributed by atoms with Gasteiger partial charge in [0.25, 0.3) is 0 Å². The fourth-order valence-corrected chi connectivity index (χ4v) is 2.78. The molecule has 0 saturated carbocycles. The van der Waals surface area contributed by atoms with Gasteiger partial charge in [-0.2, -0.15) is 0 Å². The van der Waals surface area contributed by atoms with Crippen molar-refractivity contribution in [3.05, 3.63) is 21.5 Å². The molecule has 1 heterocycles. The first kappa shape index (κ1) is 13.9. The number of hydrogen-bond donors (Lipinski definition) is 2. The van der Waals surface area contributed by atoms with Crippen LogP contribution in [0.5, 0.6) is 0 Å². The van der Waals surface area contributed by atoms with Crippen LogP contribution in [0.1, 0.15) is 19.8 Å². The van der Waals surface area contributed by atoms with Crippen LogP contribution in [0.2, 0.25) is 0 Å². The van der Waals surface area contributed by atoms with Crippen LogP contribution in [0, 0.1) is 9.39 Å². The van der Waals surface area contributed by atoms with Gasteiger partial charge in [0.15, 0.2) is 0 Å². The number of nitrogens with one attached hydrogen (secondary N) is 1. The summed E-state index contributed by atoms with van der Waals surface area (Å²) in [6.45, 7) is 5.32. The lowest BCUT2D eigenvalue weighted by Gasteiger charge is -2.24. The van der Waals surface area contributed by atoms with E-state index in [9.17, 15) is 4.39 Å². The first-order chi connectivity index (χ1) is 8.58. The molecule has 1 unspecified atom stereocenters. The van der Waals surface area contributed by atoms with E-state index in [-0.39, 0.29) is 5.82 Å². The Labute approximate surface area is 121 Å². The normalized spacial score (nSPS) is 17.9. The first-order valence-electron chi connectivity index (χ1n) is 6.30. The van der Waals surface area contributed by atoms with Gasteiger partial charge < -0.3 is 11.1 Å². The standard InChI is InChI=1S/C13H19FIN3/c1-9(18-4-2-3-5-18)8-17-13-6-10(14)11(15)7-12(13)16/h6-7,9,17H,2-5,8,16H2,1H3.